The van der Waals surface area contributed by atoms with Crippen LogP contribution >= 0.6 is 11.3 Å². The van der Waals surface area contributed by atoms with Gasteiger partial charge < -0.3 is 9.84 Å². The molecule has 3 rings (SSSR count). The first-order valence-electron chi connectivity index (χ1n) is 6.45. The van der Waals surface area contributed by atoms with Crippen molar-refractivity contribution in [2.45, 2.75) is 18.6 Å². The smallest absolute Gasteiger partial charge is 0.193 e. The molecule has 1 aromatic carbocycles. The number of methoxy groups -OCH3 is 1. The first-order valence-corrected chi connectivity index (χ1v) is 7.33. The Hall–Kier alpha value is -1.69. The molecule has 0 bridgehead atoms. The molecule has 0 amide bonds. The van der Waals surface area contributed by atoms with Crippen LogP contribution in [0.2, 0.25) is 0 Å². The summed E-state index contributed by atoms with van der Waals surface area (Å²) in [5.41, 5.74) is 1.85. The van der Waals surface area contributed by atoms with Crippen molar-refractivity contribution in [2.24, 2.45) is 0 Å². The Labute approximate surface area is 121 Å². The van der Waals surface area contributed by atoms with E-state index in [2.05, 4.69) is 4.98 Å². The van der Waals surface area contributed by atoms with Crippen LogP contribution in [-0.2, 0) is 11.2 Å². The molecule has 20 heavy (non-hydrogen) atoms. The predicted molar refractivity (Wildman–Crippen MR) is 79.0 cm³/mol. The van der Waals surface area contributed by atoms with Crippen LogP contribution in [0, 0.1) is 0 Å². The maximum Gasteiger partial charge on any atom is 0.193 e. The fraction of sp³-hybridized carbons (Fsp3) is 0.267. The van der Waals surface area contributed by atoms with Crippen LogP contribution in [0.25, 0.3) is 4.96 Å². The first-order chi connectivity index (χ1) is 9.78. The largest absolute Gasteiger partial charge is 0.390 e. The lowest BCUT2D eigenvalue weighted by Gasteiger charge is -2.21. The van der Waals surface area contributed by atoms with Crippen LogP contribution in [0.1, 0.15) is 17.4 Å². The number of ether oxygens (including phenoxy) is 1. The third-order valence-electron chi connectivity index (χ3n) is 3.29. The van der Waals surface area contributed by atoms with Crippen molar-refractivity contribution in [3.63, 3.8) is 0 Å². The highest BCUT2D eigenvalue weighted by Crippen LogP contribution is 2.23. The molecule has 2 unspecified atom stereocenters. The second-order valence-electron chi connectivity index (χ2n) is 4.66. The number of rotatable bonds is 5. The third kappa shape index (κ3) is 2.60. The van der Waals surface area contributed by atoms with E-state index in [1.807, 2.05) is 52.5 Å². The molecule has 0 aliphatic rings. The normalized spacial score (nSPS) is 14.5. The SMILES string of the molecule is COC(c1ccccc1)C(O)Cc1cn2ccsc2n1. The van der Waals surface area contributed by atoms with E-state index in [1.54, 1.807) is 18.4 Å². The Bertz CT molecular complexity index is 649. The van der Waals surface area contributed by atoms with Gasteiger partial charge in [0, 0.05) is 31.3 Å². The Morgan fingerprint density at radius 1 is 1.35 bits per heavy atom. The molecule has 2 heterocycles. The molecule has 1 N–H and O–H groups in total. The van der Waals surface area contributed by atoms with Crippen LogP contribution < -0.4 is 0 Å². The second kappa shape index (κ2) is 5.75. The van der Waals surface area contributed by atoms with Gasteiger partial charge in [0.1, 0.15) is 6.10 Å². The predicted octanol–water partition coefficient (Wildman–Crippen LogP) is 2.69. The summed E-state index contributed by atoms with van der Waals surface area (Å²) in [7, 11) is 1.62. The number of aliphatic hydroxyl groups excluding tert-OH is 1. The maximum atomic E-state index is 10.4. The molecule has 0 saturated heterocycles. The number of fused-ring (bicyclic) bond motifs is 1. The molecule has 0 spiro atoms. The summed E-state index contributed by atoms with van der Waals surface area (Å²) < 4.78 is 7.41. The molecule has 2 aromatic heterocycles. The molecule has 104 valence electrons. The van der Waals surface area contributed by atoms with Gasteiger partial charge in [-0.2, -0.15) is 0 Å². The van der Waals surface area contributed by atoms with Crippen molar-refractivity contribution in [1.82, 2.24) is 9.38 Å². The number of imidazole rings is 1. The van der Waals surface area contributed by atoms with Gasteiger partial charge in [-0.05, 0) is 5.56 Å². The topological polar surface area (TPSA) is 46.8 Å². The Balaban J connectivity index is 1.77. The van der Waals surface area contributed by atoms with E-state index in [0.717, 1.165) is 16.2 Å². The minimum Gasteiger partial charge on any atom is -0.390 e. The quantitative estimate of drug-likeness (QED) is 0.785. The van der Waals surface area contributed by atoms with Gasteiger partial charge in [0.25, 0.3) is 0 Å². The van der Waals surface area contributed by atoms with E-state index in [9.17, 15) is 5.11 Å². The lowest BCUT2D eigenvalue weighted by Crippen LogP contribution is -2.22. The maximum absolute atomic E-state index is 10.4. The van der Waals surface area contributed by atoms with Crippen molar-refractivity contribution in [1.29, 1.82) is 0 Å². The van der Waals surface area contributed by atoms with Gasteiger partial charge in [-0.1, -0.05) is 30.3 Å². The first kappa shape index (κ1) is 13.3. The van der Waals surface area contributed by atoms with E-state index < -0.39 is 6.10 Å². The summed E-state index contributed by atoms with van der Waals surface area (Å²) in [5.74, 6) is 0. The van der Waals surface area contributed by atoms with Gasteiger partial charge in [0.2, 0.25) is 0 Å². The molecule has 0 radical (unpaired) electrons. The van der Waals surface area contributed by atoms with E-state index in [1.165, 1.54) is 0 Å². The Morgan fingerprint density at radius 3 is 2.85 bits per heavy atom. The number of benzene rings is 1. The van der Waals surface area contributed by atoms with Crippen molar-refractivity contribution >= 4 is 16.3 Å². The second-order valence-corrected chi connectivity index (χ2v) is 5.54. The molecule has 0 fully saturated rings. The number of nitrogens with zero attached hydrogens (tertiary/aromatic N) is 2. The summed E-state index contributed by atoms with van der Waals surface area (Å²) in [6.07, 6.45) is 3.44. The van der Waals surface area contributed by atoms with E-state index >= 15 is 0 Å². The average molecular weight is 288 g/mol. The number of aliphatic hydroxyl groups is 1. The molecule has 4 nitrogen and oxygen atoms in total. The summed E-state index contributed by atoms with van der Waals surface area (Å²) in [6.45, 7) is 0. The Kier molecular flexibility index (Phi) is 3.82. The highest BCUT2D eigenvalue weighted by atomic mass is 32.1. The molecule has 5 heteroatoms. The van der Waals surface area contributed by atoms with Gasteiger partial charge >= 0.3 is 0 Å². The number of hydrogen-bond donors (Lipinski definition) is 1. The van der Waals surface area contributed by atoms with Crippen LogP contribution in [0.4, 0.5) is 0 Å². The molecule has 0 aliphatic heterocycles. The fourth-order valence-corrected chi connectivity index (χ4v) is 3.07. The molecule has 0 aliphatic carbocycles. The molecule has 2 atom stereocenters. The number of hydrogen-bond acceptors (Lipinski definition) is 4. The number of aromatic nitrogens is 2. The highest BCUT2D eigenvalue weighted by Gasteiger charge is 2.22. The lowest BCUT2D eigenvalue weighted by molar-refractivity contribution is -0.0132. The van der Waals surface area contributed by atoms with E-state index in [4.69, 9.17) is 4.74 Å². The molecule has 3 aromatic rings. The minimum atomic E-state index is -0.619. The van der Waals surface area contributed by atoms with Crippen LogP contribution in [-0.4, -0.2) is 27.7 Å². The zero-order valence-electron chi connectivity index (χ0n) is 11.1. The molecular weight excluding hydrogens is 272 g/mol. The third-order valence-corrected chi connectivity index (χ3v) is 4.06. The minimum absolute atomic E-state index is 0.337. The monoisotopic (exact) mass is 288 g/mol. The number of thiazole rings is 1. The molecule has 0 saturated carbocycles. The summed E-state index contributed by atoms with van der Waals surface area (Å²) in [6, 6.07) is 9.76. The zero-order valence-corrected chi connectivity index (χ0v) is 12.0. The Morgan fingerprint density at radius 2 is 2.15 bits per heavy atom. The summed E-state index contributed by atoms with van der Waals surface area (Å²) >= 11 is 1.58. The van der Waals surface area contributed by atoms with Gasteiger partial charge in [-0.25, -0.2) is 4.98 Å². The van der Waals surface area contributed by atoms with Crippen LogP contribution in [0.5, 0.6) is 0 Å². The molecular formula is C15H16N2O2S. The van der Waals surface area contributed by atoms with Crippen molar-refractivity contribution in [2.75, 3.05) is 7.11 Å². The summed E-state index contributed by atoms with van der Waals surface area (Å²) in [4.78, 5) is 5.43. The van der Waals surface area contributed by atoms with Gasteiger partial charge in [0.15, 0.2) is 4.96 Å². The van der Waals surface area contributed by atoms with E-state index in [-0.39, 0.29) is 6.10 Å². The van der Waals surface area contributed by atoms with E-state index in [0.29, 0.717) is 6.42 Å². The average Bonchev–Trinajstić information content (AvgIpc) is 3.01. The van der Waals surface area contributed by atoms with Crippen molar-refractivity contribution < 1.29 is 9.84 Å². The standard InChI is InChI=1S/C15H16N2O2S/c1-19-14(11-5-3-2-4-6-11)13(18)9-12-10-17-7-8-20-15(17)16-12/h2-8,10,13-14,18H,9H2,1H3. The van der Waals surface area contributed by atoms with Crippen LogP contribution in [0.15, 0.2) is 48.1 Å². The zero-order chi connectivity index (χ0) is 13.9. The van der Waals surface area contributed by atoms with Crippen molar-refractivity contribution in [3.05, 3.63) is 59.4 Å². The van der Waals surface area contributed by atoms with Gasteiger partial charge in [-0.3, -0.25) is 4.40 Å². The van der Waals surface area contributed by atoms with Gasteiger partial charge in [0.05, 0.1) is 11.8 Å². The highest BCUT2D eigenvalue weighted by molar-refractivity contribution is 7.15. The summed E-state index contributed by atoms with van der Waals surface area (Å²) in [5, 5.41) is 12.4. The van der Waals surface area contributed by atoms with Gasteiger partial charge in [-0.15, -0.1) is 11.3 Å². The lowest BCUT2D eigenvalue weighted by atomic mass is 10.0. The fourth-order valence-electron chi connectivity index (χ4n) is 2.35. The van der Waals surface area contributed by atoms with Crippen molar-refractivity contribution in [3.8, 4) is 0 Å². The van der Waals surface area contributed by atoms with Crippen LogP contribution in [0.3, 0.4) is 0 Å².